The van der Waals surface area contributed by atoms with E-state index in [9.17, 15) is 0 Å². The molecule has 0 saturated carbocycles. The van der Waals surface area contributed by atoms with E-state index in [1.165, 1.54) is 10.6 Å². The molecule has 3 aromatic rings. The van der Waals surface area contributed by atoms with Crippen LogP contribution in [-0.2, 0) is 0 Å². The van der Waals surface area contributed by atoms with Gasteiger partial charge in [0.2, 0.25) is 0 Å². The number of hydrogen-bond acceptors (Lipinski definition) is 3. The SMILES string of the molecule is COc1cccc(P(c2cccc(OC)c2)c2ccccn2)c1. The molecule has 23 heavy (non-hydrogen) atoms. The summed E-state index contributed by atoms with van der Waals surface area (Å²) >= 11 is 0. The molecule has 0 bridgehead atoms. The molecule has 0 aliphatic carbocycles. The molecular formula is C19H18NO2P. The fraction of sp³-hybridized carbons (Fsp3) is 0.105. The van der Waals surface area contributed by atoms with Gasteiger partial charge >= 0.3 is 0 Å². The van der Waals surface area contributed by atoms with Gasteiger partial charge in [0.15, 0.2) is 0 Å². The summed E-state index contributed by atoms with van der Waals surface area (Å²) in [5.74, 6) is 1.71. The maximum atomic E-state index is 5.39. The highest BCUT2D eigenvalue weighted by atomic mass is 31.1. The molecule has 0 aliphatic rings. The molecule has 0 fully saturated rings. The van der Waals surface area contributed by atoms with Crippen LogP contribution in [0.5, 0.6) is 11.5 Å². The van der Waals surface area contributed by atoms with Crippen molar-refractivity contribution >= 4 is 24.0 Å². The van der Waals surface area contributed by atoms with Crippen molar-refractivity contribution in [3.63, 3.8) is 0 Å². The maximum absolute atomic E-state index is 5.39. The maximum Gasteiger partial charge on any atom is 0.119 e. The standard InChI is InChI=1S/C19H18NO2P/c1-21-15-7-5-9-17(13-15)23(19-11-3-4-12-20-19)18-10-6-8-16(14-18)22-2/h3-14H,1-2H3. The number of hydrogen-bond donors (Lipinski definition) is 0. The minimum Gasteiger partial charge on any atom is -0.497 e. The highest BCUT2D eigenvalue weighted by Gasteiger charge is 2.18. The Bertz CT molecular complexity index is 730. The third-order valence-electron chi connectivity index (χ3n) is 3.50. The average molecular weight is 323 g/mol. The van der Waals surface area contributed by atoms with Crippen LogP contribution in [0.1, 0.15) is 0 Å². The van der Waals surface area contributed by atoms with Crippen molar-refractivity contribution < 1.29 is 9.47 Å². The minimum absolute atomic E-state index is 0.761. The third kappa shape index (κ3) is 3.52. The molecular weight excluding hydrogens is 305 g/mol. The molecule has 0 amide bonds. The lowest BCUT2D eigenvalue weighted by atomic mass is 10.3. The van der Waals surface area contributed by atoms with Gasteiger partial charge in [-0.3, -0.25) is 4.98 Å². The first-order valence-electron chi connectivity index (χ1n) is 7.31. The van der Waals surface area contributed by atoms with Gasteiger partial charge in [-0.25, -0.2) is 0 Å². The lowest BCUT2D eigenvalue weighted by molar-refractivity contribution is 0.415. The molecule has 1 aromatic heterocycles. The number of methoxy groups -OCH3 is 2. The zero-order valence-corrected chi connectivity index (χ0v) is 14.0. The van der Waals surface area contributed by atoms with E-state index in [0.29, 0.717) is 0 Å². The molecule has 3 nitrogen and oxygen atoms in total. The van der Waals surface area contributed by atoms with Crippen molar-refractivity contribution in [1.82, 2.24) is 4.98 Å². The van der Waals surface area contributed by atoms with Gasteiger partial charge in [-0.1, -0.05) is 30.3 Å². The number of pyridine rings is 1. The van der Waals surface area contributed by atoms with Crippen LogP contribution in [0.4, 0.5) is 0 Å². The van der Waals surface area contributed by atoms with Gasteiger partial charge in [0.1, 0.15) is 11.5 Å². The van der Waals surface area contributed by atoms with Crippen molar-refractivity contribution in [2.75, 3.05) is 14.2 Å². The summed E-state index contributed by atoms with van der Waals surface area (Å²) in [7, 11) is 2.62. The van der Waals surface area contributed by atoms with Gasteiger partial charge < -0.3 is 9.47 Å². The number of benzene rings is 2. The van der Waals surface area contributed by atoms with E-state index in [2.05, 4.69) is 35.3 Å². The van der Waals surface area contributed by atoms with Crippen molar-refractivity contribution in [3.8, 4) is 11.5 Å². The number of nitrogens with zero attached hydrogens (tertiary/aromatic N) is 1. The molecule has 116 valence electrons. The normalized spacial score (nSPS) is 10.6. The highest BCUT2D eigenvalue weighted by Crippen LogP contribution is 2.33. The van der Waals surface area contributed by atoms with Crippen LogP contribution < -0.4 is 25.5 Å². The summed E-state index contributed by atoms with van der Waals surface area (Å²) in [5, 5.41) is 2.40. The molecule has 0 spiro atoms. The summed E-state index contributed by atoms with van der Waals surface area (Å²) < 4.78 is 10.8. The predicted octanol–water partition coefficient (Wildman–Crippen LogP) is 2.86. The predicted molar refractivity (Wildman–Crippen MR) is 96.0 cm³/mol. The molecule has 4 heteroatoms. The Morgan fingerprint density at radius 3 is 1.83 bits per heavy atom. The lowest BCUT2D eigenvalue weighted by Gasteiger charge is -2.19. The molecule has 0 unspecified atom stereocenters. The summed E-state index contributed by atoms with van der Waals surface area (Å²) in [5.41, 5.74) is 1.06. The van der Waals surface area contributed by atoms with E-state index < -0.39 is 7.92 Å². The van der Waals surface area contributed by atoms with Gasteiger partial charge in [0, 0.05) is 14.1 Å². The number of ether oxygens (including phenoxy) is 2. The summed E-state index contributed by atoms with van der Waals surface area (Å²) in [6, 6.07) is 22.4. The van der Waals surface area contributed by atoms with E-state index in [1.54, 1.807) is 14.2 Å². The van der Waals surface area contributed by atoms with Crippen LogP contribution in [0.25, 0.3) is 0 Å². The fourth-order valence-corrected chi connectivity index (χ4v) is 4.63. The Kier molecular flexibility index (Phi) is 4.89. The Labute approximate surface area is 137 Å². The Hall–Kier alpha value is -2.38. The van der Waals surface area contributed by atoms with E-state index in [1.807, 2.05) is 42.6 Å². The smallest absolute Gasteiger partial charge is 0.119 e. The van der Waals surface area contributed by atoms with Gasteiger partial charge in [-0.2, -0.15) is 0 Å². The Morgan fingerprint density at radius 1 is 0.739 bits per heavy atom. The second-order valence-corrected chi connectivity index (χ2v) is 7.09. The molecule has 0 radical (unpaired) electrons. The third-order valence-corrected chi connectivity index (χ3v) is 5.81. The molecule has 3 rings (SSSR count). The van der Waals surface area contributed by atoms with Crippen molar-refractivity contribution in [2.24, 2.45) is 0 Å². The minimum atomic E-state index is -0.761. The second-order valence-electron chi connectivity index (χ2n) is 4.93. The molecule has 0 N–H and O–H groups in total. The highest BCUT2D eigenvalue weighted by molar-refractivity contribution is 7.79. The van der Waals surface area contributed by atoms with E-state index in [0.717, 1.165) is 16.9 Å². The first-order chi connectivity index (χ1) is 11.3. The van der Waals surface area contributed by atoms with Crippen LogP contribution in [0, 0.1) is 0 Å². The van der Waals surface area contributed by atoms with Crippen molar-refractivity contribution in [2.45, 2.75) is 0 Å². The molecule has 0 saturated heterocycles. The topological polar surface area (TPSA) is 31.4 Å². The van der Waals surface area contributed by atoms with Crippen LogP contribution in [-0.4, -0.2) is 19.2 Å². The van der Waals surface area contributed by atoms with Gasteiger partial charge in [0.05, 0.1) is 19.7 Å². The summed E-state index contributed by atoms with van der Waals surface area (Å²) in [4.78, 5) is 4.59. The molecule has 1 heterocycles. The largest absolute Gasteiger partial charge is 0.497 e. The van der Waals surface area contributed by atoms with E-state index >= 15 is 0 Å². The van der Waals surface area contributed by atoms with Crippen molar-refractivity contribution in [3.05, 3.63) is 72.9 Å². The van der Waals surface area contributed by atoms with E-state index in [4.69, 9.17) is 9.47 Å². The lowest BCUT2D eigenvalue weighted by Crippen LogP contribution is -2.22. The van der Waals surface area contributed by atoms with E-state index in [-0.39, 0.29) is 0 Å². The fourth-order valence-electron chi connectivity index (χ4n) is 2.40. The monoisotopic (exact) mass is 323 g/mol. The Balaban J connectivity index is 2.13. The van der Waals surface area contributed by atoms with Gasteiger partial charge in [-0.15, -0.1) is 0 Å². The van der Waals surface area contributed by atoms with Crippen LogP contribution >= 0.6 is 7.92 Å². The first-order valence-corrected chi connectivity index (χ1v) is 8.65. The number of rotatable bonds is 5. The zero-order valence-electron chi connectivity index (χ0n) is 13.1. The van der Waals surface area contributed by atoms with Gasteiger partial charge in [0.25, 0.3) is 0 Å². The van der Waals surface area contributed by atoms with Crippen LogP contribution in [0.2, 0.25) is 0 Å². The van der Waals surface area contributed by atoms with Crippen LogP contribution in [0.15, 0.2) is 72.9 Å². The first kappa shape index (κ1) is 15.5. The Morgan fingerprint density at radius 2 is 1.35 bits per heavy atom. The van der Waals surface area contributed by atoms with Gasteiger partial charge in [-0.05, 0) is 47.0 Å². The summed E-state index contributed by atoms with van der Waals surface area (Å²) in [6.07, 6.45) is 1.84. The van der Waals surface area contributed by atoms with Crippen LogP contribution in [0.3, 0.4) is 0 Å². The quantitative estimate of drug-likeness (QED) is 0.677. The molecule has 2 aromatic carbocycles. The molecule has 0 aliphatic heterocycles. The van der Waals surface area contributed by atoms with Crippen molar-refractivity contribution in [1.29, 1.82) is 0 Å². The average Bonchev–Trinajstić information content (AvgIpc) is 2.63. The summed E-state index contributed by atoms with van der Waals surface area (Å²) in [6.45, 7) is 0. The molecule has 0 atom stereocenters. The number of aromatic nitrogens is 1. The second kappa shape index (κ2) is 7.26. The zero-order chi connectivity index (χ0) is 16.1.